The van der Waals surface area contributed by atoms with E-state index in [4.69, 9.17) is 0 Å². The molecule has 0 atom stereocenters. The van der Waals surface area contributed by atoms with Crippen LogP contribution >= 0.6 is 22.6 Å². The number of carbonyl (C=O) groups is 2. The lowest BCUT2D eigenvalue weighted by molar-refractivity contribution is 0.0990. The van der Waals surface area contributed by atoms with Gasteiger partial charge in [-0.15, -0.1) is 0 Å². The molecule has 0 aromatic heterocycles. The van der Waals surface area contributed by atoms with Crippen LogP contribution in [0.3, 0.4) is 0 Å². The van der Waals surface area contributed by atoms with Crippen molar-refractivity contribution in [1.29, 1.82) is 0 Å². The van der Waals surface area contributed by atoms with Crippen LogP contribution in [0.5, 0.6) is 5.75 Å². The maximum absolute atomic E-state index is 11.6. The maximum Gasteiger partial charge on any atom is 0.203 e. The molecule has 4 heteroatoms. The van der Waals surface area contributed by atoms with Crippen molar-refractivity contribution >= 4 is 34.2 Å². The first kappa shape index (κ1) is 9.39. The smallest absolute Gasteiger partial charge is 0.203 e. The Morgan fingerprint density at radius 1 is 1.21 bits per heavy atom. The molecule has 1 aromatic carbocycles. The molecular weight excluding hydrogens is 295 g/mol. The van der Waals surface area contributed by atoms with Gasteiger partial charge in [0.1, 0.15) is 5.75 Å². The quantitative estimate of drug-likeness (QED) is 0.746. The van der Waals surface area contributed by atoms with Crippen molar-refractivity contribution in [3.05, 3.63) is 39.0 Å². The zero-order valence-corrected chi connectivity index (χ0v) is 9.11. The third-order valence-electron chi connectivity index (χ3n) is 2.01. The topological polar surface area (TPSA) is 54.4 Å². The number of carbonyl (C=O) groups excluding carboxylic acids is 2. The summed E-state index contributed by atoms with van der Waals surface area (Å²) in [4.78, 5) is 23.0. The van der Waals surface area contributed by atoms with Gasteiger partial charge < -0.3 is 5.11 Å². The summed E-state index contributed by atoms with van der Waals surface area (Å²) in [6.45, 7) is 0. The number of phenols is 1. The molecule has 0 aliphatic heterocycles. The van der Waals surface area contributed by atoms with E-state index in [-0.39, 0.29) is 28.4 Å². The monoisotopic (exact) mass is 300 g/mol. The minimum Gasteiger partial charge on any atom is -0.507 e. The zero-order chi connectivity index (χ0) is 10.3. The van der Waals surface area contributed by atoms with Crippen LogP contribution in [0.25, 0.3) is 0 Å². The molecule has 0 unspecified atom stereocenters. The summed E-state index contributed by atoms with van der Waals surface area (Å²) in [5, 5.41) is 9.46. The van der Waals surface area contributed by atoms with Crippen LogP contribution in [0.4, 0.5) is 0 Å². The number of benzene rings is 1. The number of halogens is 1. The third kappa shape index (κ3) is 1.26. The van der Waals surface area contributed by atoms with Crippen molar-refractivity contribution in [1.82, 2.24) is 0 Å². The Hall–Kier alpha value is -1.17. The van der Waals surface area contributed by atoms with Crippen LogP contribution in [0.2, 0.25) is 0 Å². The van der Waals surface area contributed by atoms with Gasteiger partial charge in [-0.1, -0.05) is 12.1 Å². The van der Waals surface area contributed by atoms with Gasteiger partial charge in [0.05, 0.1) is 9.14 Å². The van der Waals surface area contributed by atoms with Crippen LogP contribution < -0.4 is 0 Å². The van der Waals surface area contributed by atoms with Crippen LogP contribution in [0.15, 0.2) is 27.9 Å². The van der Waals surface area contributed by atoms with Gasteiger partial charge in [-0.25, -0.2) is 0 Å². The van der Waals surface area contributed by atoms with E-state index < -0.39 is 0 Å². The number of phenolic OH excluding ortho intramolecular Hbond substituents is 1. The van der Waals surface area contributed by atoms with Crippen molar-refractivity contribution in [2.24, 2.45) is 0 Å². The van der Waals surface area contributed by atoms with E-state index in [0.29, 0.717) is 3.58 Å². The Bertz CT molecular complexity index is 474. The largest absolute Gasteiger partial charge is 0.507 e. The van der Waals surface area contributed by atoms with E-state index in [1.165, 1.54) is 18.2 Å². The average Bonchev–Trinajstić information content (AvgIpc) is 2.14. The molecule has 0 saturated carbocycles. The Morgan fingerprint density at radius 2 is 1.93 bits per heavy atom. The van der Waals surface area contributed by atoms with E-state index in [1.807, 2.05) is 0 Å². The maximum atomic E-state index is 11.6. The highest BCUT2D eigenvalue weighted by Gasteiger charge is 2.26. The summed E-state index contributed by atoms with van der Waals surface area (Å²) in [6, 6.07) is 4.49. The van der Waals surface area contributed by atoms with Crippen molar-refractivity contribution < 1.29 is 14.7 Å². The fraction of sp³-hybridized carbons (Fsp3) is 0. The summed E-state index contributed by atoms with van der Waals surface area (Å²) >= 11 is 1.79. The van der Waals surface area contributed by atoms with Gasteiger partial charge >= 0.3 is 0 Å². The number of ketones is 2. The lowest BCUT2D eigenvalue weighted by Crippen LogP contribution is -2.14. The highest BCUT2D eigenvalue weighted by molar-refractivity contribution is 14.1. The molecule has 1 N–H and O–H groups in total. The van der Waals surface area contributed by atoms with Crippen molar-refractivity contribution in [3.8, 4) is 5.75 Å². The SMILES string of the molecule is O=C1C=C(I)C(=O)c2c(O)cccc21. The van der Waals surface area contributed by atoms with Crippen LogP contribution in [-0.4, -0.2) is 16.7 Å². The molecule has 70 valence electrons. The number of hydrogen-bond acceptors (Lipinski definition) is 3. The molecule has 0 bridgehead atoms. The zero-order valence-electron chi connectivity index (χ0n) is 6.95. The molecule has 0 spiro atoms. The predicted octanol–water partition coefficient (Wildman–Crippen LogP) is 2.09. The Balaban J connectivity index is 2.76. The number of aromatic hydroxyl groups is 1. The fourth-order valence-electron chi connectivity index (χ4n) is 1.36. The molecular formula is C10H5IO3. The van der Waals surface area contributed by atoms with Gasteiger partial charge in [-0.2, -0.15) is 0 Å². The molecule has 0 radical (unpaired) electrons. The average molecular weight is 300 g/mol. The van der Waals surface area contributed by atoms with Crippen molar-refractivity contribution in [2.45, 2.75) is 0 Å². The van der Waals surface area contributed by atoms with E-state index >= 15 is 0 Å². The molecule has 1 aliphatic carbocycles. The van der Waals surface area contributed by atoms with E-state index in [1.54, 1.807) is 28.7 Å². The van der Waals surface area contributed by atoms with Crippen molar-refractivity contribution in [2.75, 3.05) is 0 Å². The normalized spacial score (nSPS) is 15.1. The lowest BCUT2D eigenvalue weighted by atomic mass is 9.94. The minimum atomic E-state index is -0.293. The second-order valence-electron chi connectivity index (χ2n) is 2.89. The van der Waals surface area contributed by atoms with E-state index in [9.17, 15) is 14.7 Å². The number of rotatable bonds is 0. The van der Waals surface area contributed by atoms with Crippen molar-refractivity contribution in [3.63, 3.8) is 0 Å². The van der Waals surface area contributed by atoms with E-state index in [0.717, 1.165) is 0 Å². The molecule has 0 amide bonds. The third-order valence-corrected chi connectivity index (χ3v) is 2.81. The molecule has 1 aromatic rings. The highest BCUT2D eigenvalue weighted by atomic mass is 127. The molecule has 0 heterocycles. The van der Waals surface area contributed by atoms with Gasteiger partial charge in [0.25, 0.3) is 0 Å². The second-order valence-corrected chi connectivity index (χ2v) is 4.05. The van der Waals surface area contributed by atoms with Crippen LogP contribution in [0, 0.1) is 0 Å². The Morgan fingerprint density at radius 3 is 2.64 bits per heavy atom. The van der Waals surface area contributed by atoms with Gasteiger partial charge in [-0.3, -0.25) is 9.59 Å². The summed E-state index contributed by atoms with van der Waals surface area (Å²) in [5.74, 6) is -0.665. The first-order valence-electron chi connectivity index (χ1n) is 3.89. The van der Waals surface area contributed by atoms with Crippen LogP contribution in [-0.2, 0) is 0 Å². The second kappa shape index (κ2) is 3.20. The van der Waals surface area contributed by atoms with Gasteiger partial charge in [0, 0.05) is 11.6 Å². The minimum absolute atomic E-state index is 0.115. The fourth-order valence-corrected chi connectivity index (χ4v) is 1.91. The first-order valence-corrected chi connectivity index (χ1v) is 4.97. The highest BCUT2D eigenvalue weighted by Crippen LogP contribution is 2.30. The summed E-state index contributed by atoms with van der Waals surface area (Å²) in [5.41, 5.74) is 0.389. The number of Topliss-reactive ketones (excluding diaryl/α,β-unsaturated/α-hetero) is 1. The number of allylic oxidation sites excluding steroid dienone is 2. The first-order chi connectivity index (χ1) is 6.61. The van der Waals surface area contributed by atoms with Gasteiger partial charge in [-0.05, 0) is 28.7 Å². The summed E-state index contributed by atoms with van der Waals surface area (Å²) < 4.78 is 0.335. The molecule has 1 aliphatic rings. The molecule has 2 rings (SSSR count). The summed E-state index contributed by atoms with van der Waals surface area (Å²) in [6.07, 6.45) is 1.28. The number of fused-ring (bicyclic) bond motifs is 1. The van der Waals surface area contributed by atoms with Gasteiger partial charge in [0.15, 0.2) is 5.78 Å². The lowest BCUT2D eigenvalue weighted by Gasteiger charge is -2.12. The molecule has 0 saturated heterocycles. The summed E-state index contributed by atoms with van der Waals surface area (Å²) in [7, 11) is 0. The van der Waals surface area contributed by atoms with Gasteiger partial charge in [0.2, 0.25) is 5.78 Å². The molecule has 0 fully saturated rings. The molecule has 3 nitrogen and oxygen atoms in total. The number of hydrogen-bond donors (Lipinski definition) is 1. The Labute approximate surface area is 93.6 Å². The van der Waals surface area contributed by atoms with E-state index in [2.05, 4.69) is 0 Å². The predicted molar refractivity (Wildman–Crippen MR) is 58.9 cm³/mol. The Kier molecular flexibility index (Phi) is 2.14. The standard InChI is InChI=1S/C10H5IO3/c11-6-4-8(13)5-2-1-3-7(12)9(5)10(6)14/h1-4,12H. The molecule has 14 heavy (non-hydrogen) atoms. The van der Waals surface area contributed by atoms with Crippen LogP contribution in [0.1, 0.15) is 20.7 Å².